The minimum absolute atomic E-state index is 0.00986. The van der Waals surface area contributed by atoms with E-state index in [4.69, 9.17) is 4.74 Å². The second-order valence-electron chi connectivity index (χ2n) is 6.74. The fourth-order valence-electron chi connectivity index (χ4n) is 3.20. The molecule has 0 fully saturated rings. The molecule has 0 unspecified atom stereocenters. The second-order valence-corrected chi connectivity index (χ2v) is 6.74. The normalized spacial score (nSPS) is 11.0. The molecule has 146 valence electrons. The molecule has 0 atom stereocenters. The van der Waals surface area contributed by atoms with Crippen LogP contribution < -0.4 is 4.74 Å². The van der Waals surface area contributed by atoms with E-state index in [0.717, 1.165) is 17.0 Å². The summed E-state index contributed by atoms with van der Waals surface area (Å²) in [7, 11) is 0. The minimum Gasteiger partial charge on any atom is -0.478 e. The topological polar surface area (TPSA) is 89.6 Å². The predicted octanol–water partition coefficient (Wildman–Crippen LogP) is 4.35. The Hall–Kier alpha value is -3.81. The van der Waals surface area contributed by atoms with Gasteiger partial charge < -0.3 is 9.84 Å². The van der Waals surface area contributed by atoms with E-state index in [9.17, 15) is 14.3 Å². The van der Waals surface area contributed by atoms with Crippen molar-refractivity contribution in [3.8, 4) is 22.9 Å². The Morgan fingerprint density at radius 1 is 1.07 bits per heavy atom. The molecule has 0 amide bonds. The van der Waals surface area contributed by atoms with Crippen molar-refractivity contribution in [1.82, 2.24) is 19.6 Å². The summed E-state index contributed by atoms with van der Waals surface area (Å²) in [6, 6.07) is 10.8. The van der Waals surface area contributed by atoms with E-state index < -0.39 is 11.8 Å². The minimum atomic E-state index is -1.17. The fourth-order valence-corrected chi connectivity index (χ4v) is 3.20. The van der Waals surface area contributed by atoms with Crippen LogP contribution in [0, 0.1) is 26.6 Å². The third kappa shape index (κ3) is 3.52. The van der Waals surface area contributed by atoms with Crippen molar-refractivity contribution < 1.29 is 19.0 Å². The molecule has 7 nitrogen and oxygen atoms in total. The van der Waals surface area contributed by atoms with Gasteiger partial charge in [0.15, 0.2) is 0 Å². The lowest BCUT2D eigenvalue weighted by Gasteiger charge is -2.13. The first-order valence-electron chi connectivity index (χ1n) is 8.84. The van der Waals surface area contributed by atoms with Crippen LogP contribution in [0.5, 0.6) is 11.8 Å². The highest BCUT2D eigenvalue weighted by atomic mass is 19.1. The molecule has 29 heavy (non-hydrogen) atoms. The number of aryl methyl sites for hydroxylation is 3. The summed E-state index contributed by atoms with van der Waals surface area (Å²) in [5.74, 6) is -1.11. The molecule has 0 aliphatic carbocycles. The lowest BCUT2D eigenvalue weighted by Crippen LogP contribution is -2.04. The highest BCUT2D eigenvalue weighted by Crippen LogP contribution is 2.34. The van der Waals surface area contributed by atoms with Crippen molar-refractivity contribution in [1.29, 1.82) is 0 Å². The molecule has 0 saturated carbocycles. The predicted molar refractivity (Wildman–Crippen MR) is 104 cm³/mol. The molecule has 1 N–H and O–H groups in total. The number of nitrogens with zero attached hydrogens (tertiary/aromatic N) is 4. The van der Waals surface area contributed by atoms with Crippen LogP contribution in [-0.4, -0.2) is 30.7 Å². The molecule has 0 aliphatic heterocycles. The number of aromatic nitrogens is 4. The number of fused-ring (bicyclic) bond motifs is 1. The molecule has 0 saturated heterocycles. The number of carboxylic acids is 1. The van der Waals surface area contributed by atoms with Gasteiger partial charge in [-0.05, 0) is 56.2 Å². The summed E-state index contributed by atoms with van der Waals surface area (Å²) in [5, 5.41) is 14.1. The summed E-state index contributed by atoms with van der Waals surface area (Å²) in [5.41, 5.74) is 3.31. The number of benzene rings is 2. The molecule has 0 radical (unpaired) electrons. The Labute approximate surface area is 165 Å². The van der Waals surface area contributed by atoms with Gasteiger partial charge in [-0.15, -0.1) is 5.10 Å². The van der Waals surface area contributed by atoms with Gasteiger partial charge >= 0.3 is 12.0 Å². The number of hydrogen-bond acceptors (Lipinski definition) is 5. The third-order valence-corrected chi connectivity index (χ3v) is 4.42. The maximum atomic E-state index is 13.3. The smallest absolute Gasteiger partial charge is 0.343 e. The van der Waals surface area contributed by atoms with Crippen molar-refractivity contribution in [2.75, 3.05) is 0 Å². The maximum Gasteiger partial charge on any atom is 0.343 e. The zero-order valence-electron chi connectivity index (χ0n) is 16.0. The molecule has 0 bridgehead atoms. The van der Waals surface area contributed by atoms with Crippen molar-refractivity contribution in [2.45, 2.75) is 20.8 Å². The summed E-state index contributed by atoms with van der Waals surface area (Å²) in [6.45, 7) is 5.53. The number of halogens is 1. The van der Waals surface area contributed by atoms with Crippen LogP contribution >= 0.6 is 0 Å². The highest BCUT2D eigenvalue weighted by molar-refractivity contribution is 5.99. The van der Waals surface area contributed by atoms with Gasteiger partial charge in [-0.1, -0.05) is 18.2 Å². The Bertz CT molecular complexity index is 1250. The Morgan fingerprint density at radius 3 is 2.48 bits per heavy atom. The van der Waals surface area contributed by atoms with Gasteiger partial charge in [-0.25, -0.2) is 14.2 Å². The summed E-state index contributed by atoms with van der Waals surface area (Å²) >= 11 is 0. The third-order valence-electron chi connectivity index (χ3n) is 4.42. The van der Waals surface area contributed by atoms with Gasteiger partial charge in [-0.2, -0.15) is 9.50 Å². The van der Waals surface area contributed by atoms with Gasteiger partial charge in [0.05, 0.1) is 0 Å². The van der Waals surface area contributed by atoms with E-state index in [0.29, 0.717) is 16.9 Å². The Balaban J connectivity index is 1.84. The summed E-state index contributed by atoms with van der Waals surface area (Å²) in [4.78, 5) is 20.6. The van der Waals surface area contributed by atoms with Crippen molar-refractivity contribution in [3.05, 3.63) is 70.8 Å². The van der Waals surface area contributed by atoms with Crippen LogP contribution in [0.25, 0.3) is 16.9 Å². The van der Waals surface area contributed by atoms with Crippen molar-refractivity contribution in [2.24, 2.45) is 0 Å². The molecule has 2 heterocycles. The lowest BCUT2D eigenvalue weighted by molar-refractivity contribution is 0.0695. The molecule has 2 aromatic carbocycles. The van der Waals surface area contributed by atoms with Gasteiger partial charge in [0.2, 0.25) is 0 Å². The van der Waals surface area contributed by atoms with E-state index in [1.165, 1.54) is 28.8 Å². The quantitative estimate of drug-likeness (QED) is 0.555. The van der Waals surface area contributed by atoms with Crippen LogP contribution in [0.15, 0.2) is 42.5 Å². The molecular formula is C21H17FN4O3. The molecule has 0 aliphatic rings. The number of rotatable bonds is 4. The van der Waals surface area contributed by atoms with E-state index in [-0.39, 0.29) is 17.3 Å². The van der Waals surface area contributed by atoms with E-state index in [1.807, 2.05) is 26.8 Å². The number of carbonyl (C=O) groups is 1. The first-order chi connectivity index (χ1) is 13.8. The first kappa shape index (κ1) is 18.5. The summed E-state index contributed by atoms with van der Waals surface area (Å²) in [6.07, 6.45) is 0. The molecule has 0 spiro atoms. The fraction of sp³-hybridized carbons (Fsp3) is 0.143. The SMILES string of the molecule is Cc1cc(Oc2nc3nc(C)cc(C)n3n2)c(C(=O)O)c(-c2ccc(F)cc2)c1. The first-order valence-corrected chi connectivity index (χ1v) is 8.84. The van der Waals surface area contributed by atoms with Crippen LogP contribution in [0.4, 0.5) is 4.39 Å². The molecule has 4 rings (SSSR count). The van der Waals surface area contributed by atoms with Crippen LogP contribution in [-0.2, 0) is 0 Å². The number of ether oxygens (including phenoxy) is 1. The second kappa shape index (κ2) is 6.97. The van der Waals surface area contributed by atoms with Gasteiger partial charge in [-0.3, -0.25) is 0 Å². The standard InChI is InChI=1S/C21H17FN4O3/c1-11-8-16(14-4-6-15(22)7-5-14)18(19(27)28)17(9-11)29-21-24-20-23-12(2)10-13(3)26(20)25-21/h4-10H,1-3H3,(H,27,28). The molecular weight excluding hydrogens is 375 g/mol. The van der Waals surface area contributed by atoms with Crippen molar-refractivity contribution in [3.63, 3.8) is 0 Å². The van der Waals surface area contributed by atoms with E-state index in [2.05, 4.69) is 15.1 Å². The van der Waals surface area contributed by atoms with Crippen LogP contribution in [0.3, 0.4) is 0 Å². The van der Waals surface area contributed by atoms with Gasteiger partial charge in [0, 0.05) is 17.0 Å². The van der Waals surface area contributed by atoms with Crippen molar-refractivity contribution >= 4 is 11.7 Å². The highest BCUT2D eigenvalue weighted by Gasteiger charge is 2.21. The Kier molecular flexibility index (Phi) is 4.46. The number of hydrogen-bond donors (Lipinski definition) is 1. The molecule has 8 heteroatoms. The van der Waals surface area contributed by atoms with Gasteiger partial charge in [0.25, 0.3) is 5.78 Å². The van der Waals surface area contributed by atoms with Gasteiger partial charge in [0.1, 0.15) is 17.1 Å². The largest absolute Gasteiger partial charge is 0.478 e. The van der Waals surface area contributed by atoms with Crippen LogP contribution in [0.1, 0.15) is 27.3 Å². The summed E-state index contributed by atoms with van der Waals surface area (Å²) < 4.78 is 20.6. The number of aromatic carboxylic acids is 1. The zero-order valence-corrected chi connectivity index (χ0v) is 16.0. The van der Waals surface area contributed by atoms with E-state index in [1.54, 1.807) is 12.1 Å². The Morgan fingerprint density at radius 2 is 1.79 bits per heavy atom. The lowest BCUT2D eigenvalue weighted by atomic mass is 9.96. The number of carboxylic acid groups (broad SMARTS) is 1. The molecule has 4 aromatic rings. The average molecular weight is 392 g/mol. The van der Waals surface area contributed by atoms with E-state index >= 15 is 0 Å². The zero-order chi connectivity index (χ0) is 20.7. The maximum absolute atomic E-state index is 13.3. The molecule has 2 aromatic heterocycles. The average Bonchev–Trinajstić information content (AvgIpc) is 3.04. The monoisotopic (exact) mass is 392 g/mol. The van der Waals surface area contributed by atoms with Crippen LogP contribution in [0.2, 0.25) is 0 Å².